The molecule has 1 unspecified atom stereocenters. The number of para-hydroxylation sites is 1. The molecule has 4 heteroatoms. The average molecular weight is 359 g/mol. The number of carbonyl (C=O) groups excluding carboxylic acids is 1. The number of aromatic nitrogens is 2. The maximum Gasteiger partial charge on any atom is 0.243 e. The lowest BCUT2D eigenvalue weighted by atomic mass is 9.96. The highest BCUT2D eigenvalue weighted by molar-refractivity contribution is 5.88. The molecular weight excluding hydrogens is 334 g/mol. The first-order valence-electron chi connectivity index (χ1n) is 10.1. The van der Waals surface area contributed by atoms with E-state index in [1.165, 1.54) is 35.0 Å². The second-order valence-electron chi connectivity index (χ2n) is 7.77. The lowest BCUT2D eigenvalue weighted by Gasteiger charge is -2.36. The maximum absolute atomic E-state index is 13.4. The van der Waals surface area contributed by atoms with Gasteiger partial charge in [0, 0.05) is 35.5 Å². The van der Waals surface area contributed by atoms with Gasteiger partial charge in [-0.1, -0.05) is 24.3 Å². The van der Waals surface area contributed by atoms with E-state index in [0.29, 0.717) is 6.54 Å². The molecule has 0 saturated carbocycles. The molecule has 0 spiro atoms. The van der Waals surface area contributed by atoms with Gasteiger partial charge in [0.2, 0.25) is 5.91 Å². The quantitative estimate of drug-likeness (QED) is 0.700. The number of hydrogen-bond donors (Lipinski definition) is 0. The number of amides is 1. The molecule has 1 aliphatic carbocycles. The van der Waals surface area contributed by atoms with Crippen LogP contribution in [0.25, 0.3) is 10.9 Å². The molecule has 2 aliphatic rings. The van der Waals surface area contributed by atoms with Crippen LogP contribution in [0.15, 0.2) is 48.8 Å². The molecular formula is C23H25N3O. The molecule has 0 bridgehead atoms. The number of aryl methyl sites for hydroxylation is 1. The van der Waals surface area contributed by atoms with Gasteiger partial charge in [0.25, 0.3) is 0 Å². The number of carbonyl (C=O) groups is 1. The molecule has 3 heterocycles. The van der Waals surface area contributed by atoms with Gasteiger partial charge in [0.15, 0.2) is 0 Å². The van der Waals surface area contributed by atoms with Crippen LogP contribution >= 0.6 is 0 Å². The zero-order valence-corrected chi connectivity index (χ0v) is 15.6. The van der Waals surface area contributed by atoms with E-state index in [1.807, 2.05) is 12.3 Å². The highest BCUT2D eigenvalue weighted by Crippen LogP contribution is 2.34. The summed E-state index contributed by atoms with van der Waals surface area (Å²) in [5.41, 5.74) is 5.21. The van der Waals surface area contributed by atoms with Crippen LogP contribution in [0, 0.1) is 0 Å². The van der Waals surface area contributed by atoms with E-state index in [9.17, 15) is 4.79 Å². The van der Waals surface area contributed by atoms with Gasteiger partial charge >= 0.3 is 0 Å². The van der Waals surface area contributed by atoms with Crippen molar-refractivity contribution < 1.29 is 4.79 Å². The van der Waals surface area contributed by atoms with Gasteiger partial charge in [0.05, 0.1) is 6.04 Å². The Kier molecular flexibility index (Phi) is 4.19. The highest BCUT2D eigenvalue weighted by Gasteiger charge is 2.30. The van der Waals surface area contributed by atoms with Gasteiger partial charge in [0.1, 0.15) is 6.54 Å². The van der Waals surface area contributed by atoms with E-state index < -0.39 is 0 Å². The van der Waals surface area contributed by atoms with Crippen LogP contribution in [-0.4, -0.2) is 26.9 Å². The summed E-state index contributed by atoms with van der Waals surface area (Å²) in [6.45, 7) is 1.30. The first-order chi connectivity index (χ1) is 13.3. The van der Waals surface area contributed by atoms with Crippen LogP contribution in [0.5, 0.6) is 0 Å². The zero-order chi connectivity index (χ0) is 18.2. The number of pyridine rings is 1. The van der Waals surface area contributed by atoms with Crippen LogP contribution in [0.2, 0.25) is 0 Å². The summed E-state index contributed by atoms with van der Waals surface area (Å²) in [5.74, 6) is 0.235. The number of rotatable bonds is 3. The molecule has 27 heavy (non-hydrogen) atoms. The van der Waals surface area contributed by atoms with Crippen molar-refractivity contribution in [3.63, 3.8) is 0 Å². The third-order valence-corrected chi connectivity index (χ3v) is 6.22. The fourth-order valence-electron chi connectivity index (χ4n) is 4.98. The maximum atomic E-state index is 13.4. The summed E-state index contributed by atoms with van der Waals surface area (Å²) in [6, 6.07) is 12.8. The minimum absolute atomic E-state index is 0.162. The SMILES string of the molecule is O=C(Cn1c2c(c3ccccc31)CCC2)N1CCCCC1c1cccnc1. The summed E-state index contributed by atoms with van der Waals surface area (Å²) in [6.07, 6.45) is 10.4. The molecule has 1 aromatic carbocycles. The van der Waals surface area contributed by atoms with Crippen LogP contribution in [0.3, 0.4) is 0 Å². The topological polar surface area (TPSA) is 38.1 Å². The summed E-state index contributed by atoms with van der Waals surface area (Å²) >= 11 is 0. The van der Waals surface area contributed by atoms with Crippen molar-refractivity contribution in [3.8, 4) is 0 Å². The van der Waals surface area contributed by atoms with Gasteiger partial charge in [-0.2, -0.15) is 0 Å². The number of piperidine rings is 1. The Bertz CT molecular complexity index is 976. The molecule has 4 nitrogen and oxygen atoms in total. The lowest BCUT2D eigenvalue weighted by molar-refractivity contribution is -0.135. The van der Waals surface area contributed by atoms with E-state index in [4.69, 9.17) is 0 Å². The van der Waals surface area contributed by atoms with Gasteiger partial charge in [-0.25, -0.2) is 0 Å². The summed E-state index contributed by atoms with van der Waals surface area (Å²) in [7, 11) is 0. The van der Waals surface area contributed by atoms with E-state index in [0.717, 1.165) is 37.8 Å². The van der Waals surface area contributed by atoms with Crippen molar-refractivity contribution >= 4 is 16.8 Å². The second kappa shape index (κ2) is 6.84. The number of likely N-dealkylation sites (tertiary alicyclic amines) is 1. The predicted molar refractivity (Wildman–Crippen MR) is 107 cm³/mol. The molecule has 3 aromatic rings. The molecule has 0 radical (unpaired) electrons. The second-order valence-corrected chi connectivity index (χ2v) is 7.77. The van der Waals surface area contributed by atoms with Crippen molar-refractivity contribution in [2.45, 2.75) is 51.1 Å². The van der Waals surface area contributed by atoms with Crippen LogP contribution in [-0.2, 0) is 24.2 Å². The van der Waals surface area contributed by atoms with Crippen LogP contribution in [0.4, 0.5) is 0 Å². The Morgan fingerprint density at radius 1 is 1.07 bits per heavy atom. The number of benzene rings is 1. The van der Waals surface area contributed by atoms with Gasteiger partial charge in [-0.05, 0) is 61.8 Å². The number of fused-ring (bicyclic) bond motifs is 3. The third kappa shape index (κ3) is 2.84. The standard InChI is InChI=1S/C23H25N3O/c27-23(25-14-4-3-10-20(25)17-7-6-13-24-15-17)16-26-21-11-2-1-8-18(21)19-9-5-12-22(19)26/h1-2,6-8,11,13,15,20H,3-5,9-10,12,14,16H2. The first kappa shape index (κ1) is 16.5. The number of nitrogens with zero attached hydrogens (tertiary/aromatic N) is 3. The Labute approximate surface area is 159 Å². The summed E-state index contributed by atoms with van der Waals surface area (Å²) < 4.78 is 2.29. The smallest absolute Gasteiger partial charge is 0.243 e. The monoisotopic (exact) mass is 359 g/mol. The largest absolute Gasteiger partial charge is 0.335 e. The van der Waals surface area contributed by atoms with Crippen molar-refractivity contribution in [1.82, 2.24) is 14.5 Å². The van der Waals surface area contributed by atoms with Crippen LogP contribution in [0.1, 0.15) is 48.5 Å². The van der Waals surface area contributed by atoms with Gasteiger partial charge < -0.3 is 9.47 Å². The third-order valence-electron chi connectivity index (χ3n) is 6.22. The fraction of sp³-hybridized carbons (Fsp3) is 0.391. The Morgan fingerprint density at radius 3 is 2.89 bits per heavy atom. The van der Waals surface area contributed by atoms with Crippen molar-refractivity contribution in [3.05, 3.63) is 65.6 Å². The lowest BCUT2D eigenvalue weighted by Crippen LogP contribution is -2.40. The van der Waals surface area contributed by atoms with Crippen molar-refractivity contribution in [2.75, 3.05) is 6.54 Å². The Morgan fingerprint density at radius 2 is 2.00 bits per heavy atom. The van der Waals surface area contributed by atoms with Gasteiger partial charge in [-0.15, -0.1) is 0 Å². The Balaban J connectivity index is 1.47. The summed E-state index contributed by atoms with van der Waals surface area (Å²) in [4.78, 5) is 19.7. The van der Waals surface area contributed by atoms with E-state index >= 15 is 0 Å². The molecule has 138 valence electrons. The molecule has 5 rings (SSSR count). The fourth-order valence-corrected chi connectivity index (χ4v) is 4.98. The molecule has 1 saturated heterocycles. The van der Waals surface area contributed by atoms with E-state index in [2.05, 4.69) is 44.8 Å². The minimum atomic E-state index is 0.162. The minimum Gasteiger partial charge on any atom is -0.335 e. The van der Waals surface area contributed by atoms with E-state index in [-0.39, 0.29) is 11.9 Å². The van der Waals surface area contributed by atoms with Gasteiger partial charge in [-0.3, -0.25) is 9.78 Å². The molecule has 1 fully saturated rings. The summed E-state index contributed by atoms with van der Waals surface area (Å²) in [5, 5.41) is 1.33. The van der Waals surface area contributed by atoms with Crippen molar-refractivity contribution in [1.29, 1.82) is 0 Å². The molecule has 2 aromatic heterocycles. The zero-order valence-electron chi connectivity index (χ0n) is 15.6. The molecule has 0 N–H and O–H groups in total. The first-order valence-corrected chi connectivity index (χ1v) is 10.1. The average Bonchev–Trinajstić information content (AvgIpc) is 3.31. The molecule has 1 aliphatic heterocycles. The molecule has 1 atom stereocenters. The molecule has 1 amide bonds. The highest BCUT2D eigenvalue weighted by atomic mass is 16.2. The Hall–Kier alpha value is -2.62. The van der Waals surface area contributed by atoms with Crippen LogP contribution < -0.4 is 0 Å². The normalized spacial score (nSPS) is 19.4. The predicted octanol–water partition coefficient (Wildman–Crippen LogP) is 4.28. The van der Waals surface area contributed by atoms with Crippen molar-refractivity contribution in [2.24, 2.45) is 0 Å². The number of hydrogen-bond acceptors (Lipinski definition) is 2. The van der Waals surface area contributed by atoms with E-state index in [1.54, 1.807) is 6.20 Å².